The fourth-order valence-corrected chi connectivity index (χ4v) is 10.1. The summed E-state index contributed by atoms with van der Waals surface area (Å²) in [6.07, 6.45) is 7.39. The van der Waals surface area contributed by atoms with E-state index >= 15 is 0 Å². The minimum atomic E-state index is -3.94. The van der Waals surface area contributed by atoms with Crippen LogP contribution in [0, 0.1) is 28.6 Å². The van der Waals surface area contributed by atoms with Crippen molar-refractivity contribution in [2.45, 2.75) is 63.0 Å². The number of alkyl halides is 1. The number of allylic oxidation sites excluding steroid dienone is 4. The zero-order valence-electron chi connectivity index (χ0n) is 21.5. The van der Waals surface area contributed by atoms with Gasteiger partial charge in [0.25, 0.3) is 10.1 Å². The van der Waals surface area contributed by atoms with Crippen LogP contribution in [0.15, 0.2) is 57.6 Å². The Bertz CT molecular complexity index is 1410. The van der Waals surface area contributed by atoms with Crippen molar-refractivity contribution in [3.63, 3.8) is 0 Å². The zero-order chi connectivity index (χ0) is 27.3. The number of fused-ring (bicyclic) bond motifs is 5. The number of aliphatic hydroxyl groups is 1. The average molecular weight is 563 g/mol. The van der Waals surface area contributed by atoms with Gasteiger partial charge in [0.1, 0.15) is 5.60 Å². The minimum Gasteiger partial charge on any atom is -0.457 e. The third-order valence-electron chi connectivity index (χ3n) is 10.3. The van der Waals surface area contributed by atoms with Gasteiger partial charge in [0.05, 0.1) is 29.3 Å². The predicted molar refractivity (Wildman–Crippen MR) is 137 cm³/mol. The second-order valence-electron chi connectivity index (χ2n) is 11.9. The molecule has 0 bridgehead atoms. The Labute approximate surface area is 226 Å². The van der Waals surface area contributed by atoms with Gasteiger partial charge >= 0.3 is 5.97 Å². The molecular weight excluding hydrogens is 532 g/mol. The summed E-state index contributed by atoms with van der Waals surface area (Å²) >= 11 is 7.54. The first-order valence-electron chi connectivity index (χ1n) is 13.0. The van der Waals surface area contributed by atoms with Crippen LogP contribution in [0.2, 0.25) is 0 Å². The third kappa shape index (κ3) is 3.19. The van der Waals surface area contributed by atoms with Crippen molar-refractivity contribution >= 4 is 33.5 Å². The molecule has 6 rings (SSSR count). The van der Waals surface area contributed by atoms with E-state index in [9.17, 15) is 23.1 Å². The maximum atomic E-state index is 13.4. The van der Waals surface area contributed by atoms with Gasteiger partial charge in [-0.15, -0.1) is 11.6 Å². The van der Waals surface area contributed by atoms with Gasteiger partial charge in [-0.25, -0.2) is 4.79 Å². The summed E-state index contributed by atoms with van der Waals surface area (Å²) in [5, 5.41) is 13.0. The van der Waals surface area contributed by atoms with Crippen LogP contribution in [0.4, 0.5) is 0 Å². The van der Waals surface area contributed by atoms with E-state index in [2.05, 4.69) is 0 Å². The summed E-state index contributed by atoms with van der Waals surface area (Å²) < 4.78 is 41.6. The number of hydrogen-bond donors (Lipinski definition) is 1. The van der Waals surface area contributed by atoms with Gasteiger partial charge in [0.15, 0.2) is 5.78 Å². The van der Waals surface area contributed by atoms with Crippen LogP contribution < -0.4 is 0 Å². The lowest BCUT2D eigenvalue weighted by Crippen LogP contribution is -2.68. The molecule has 204 valence electrons. The van der Waals surface area contributed by atoms with Crippen LogP contribution in [-0.4, -0.2) is 48.5 Å². The number of rotatable bonds is 3. The monoisotopic (exact) mass is 562 g/mol. The van der Waals surface area contributed by atoms with Gasteiger partial charge < -0.3 is 14.3 Å². The van der Waals surface area contributed by atoms with E-state index in [1.54, 1.807) is 12.1 Å². The van der Waals surface area contributed by atoms with Gasteiger partial charge in [0, 0.05) is 22.3 Å². The molecule has 3 saturated carbocycles. The van der Waals surface area contributed by atoms with E-state index in [0.29, 0.717) is 24.8 Å². The van der Waals surface area contributed by atoms with Crippen LogP contribution in [0.1, 0.15) is 57.0 Å². The van der Waals surface area contributed by atoms with E-state index in [1.807, 2.05) is 26.8 Å². The molecule has 8 nitrogen and oxygen atoms in total. The number of halogens is 1. The molecule has 0 aromatic carbocycles. The molecule has 0 spiro atoms. The molecular formula is C28H31ClO8S. The quantitative estimate of drug-likeness (QED) is 0.329. The van der Waals surface area contributed by atoms with Crippen LogP contribution in [0.25, 0.3) is 0 Å². The van der Waals surface area contributed by atoms with Crippen molar-refractivity contribution in [2.75, 3.05) is 6.61 Å². The lowest BCUT2D eigenvalue weighted by atomic mass is 9.45. The van der Waals surface area contributed by atoms with Crippen molar-refractivity contribution in [3.8, 4) is 0 Å². The maximum absolute atomic E-state index is 13.4. The predicted octanol–water partition coefficient (Wildman–Crippen LogP) is 4.31. The molecule has 5 aliphatic rings. The Morgan fingerprint density at radius 1 is 1.24 bits per heavy atom. The van der Waals surface area contributed by atoms with Crippen molar-refractivity contribution < 1.29 is 36.5 Å². The fourth-order valence-electron chi connectivity index (χ4n) is 8.67. The number of esters is 1. The van der Waals surface area contributed by atoms with Crippen LogP contribution in [-0.2, 0) is 23.8 Å². The molecule has 8 atom stereocenters. The first-order valence-corrected chi connectivity index (χ1v) is 14.8. The number of furan rings is 1. The highest BCUT2D eigenvalue weighted by Gasteiger charge is 2.75. The number of ketones is 1. The van der Waals surface area contributed by atoms with Gasteiger partial charge in [-0.2, -0.15) is 8.42 Å². The maximum Gasteiger partial charge on any atom is 0.375 e. The van der Waals surface area contributed by atoms with Crippen molar-refractivity contribution in [1.82, 2.24) is 0 Å². The molecule has 38 heavy (non-hydrogen) atoms. The largest absolute Gasteiger partial charge is 0.457 e. The summed E-state index contributed by atoms with van der Waals surface area (Å²) in [5.41, 5.74) is -1.70. The van der Waals surface area contributed by atoms with Gasteiger partial charge in [0.2, 0.25) is 5.76 Å². The average Bonchev–Trinajstić information content (AvgIpc) is 3.55. The SMILES string of the molecule is C[C@@H]1C[C@H]2[C@@H]3CCC4=CC(=O)C=C[C@]4(C)[C@@]3(Cl)[C@@H](O)C[C@]2(C)[C@@]1(OC(=O)c1ccco1)C1=CS(=O)(=O)OC1. The highest BCUT2D eigenvalue weighted by Crippen LogP contribution is 2.73. The molecule has 1 aromatic heterocycles. The van der Waals surface area contributed by atoms with Gasteiger partial charge in [-0.3, -0.25) is 8.98 Å². The molecule has 0 unspecified atom stereocenters. The van der Waals surface area contributed by atoms with E-state index in [4.69, 9.17) is 24.9 Å². The summed E-state index contributed by atoms with van der Waals surface area (Å²) in [5.74, 6) is -1.40. The molecule has 10 heteroatoms. The second kappa shape index (κ2) is 8.16. The molecule has 0 saturated heterocycles. The minimum absolute atomic E-state index is 0.00557. The zero-order valence-corrected chi connectivity index (χ0v) is 23.0. The Morgan fingerprint density at radius 2 is 2.00 bits per heavy atom. The van der Waals surface area contributed by atoms with Crippen LogP contribution in [0.3, 0.4) is 0 Å². The van der Waals surface area contributed by atoms with Crippen LogP contribution >= 0.6 is 11.6 Å². The summed E-state index contributed by atoms with van der Waals surface area (Å²) in [6, 6.07) is 3.08. The summed E-state index contributed by atoms with van der Waals surface area (Å²) in [7, 11) is -3.94. The molecule has 0 amide bonds. The highest BCUT2D eigenvalue weighted by molar-refractivity contribution is 7.89. The number of carbonyl (C=O) groups excluding carboxylic acids is 2. The van der Waals surface area contributed by atoms with Gasteiger partial charge in [-0.05, 0) is 61.8 Å². The van der Waals surface area contributed by atoms with Crippen LogP contribution in [0.5, 0.6) is 0 Å². The third-order valence-corrected chi connectivity index (χ3v) is 12.2. The Balaban J connectivity index is 1.50. The highest BCUT2D eigenvalue weighted by atomic mass is 35.5. The van der Waals surface area contributed by atoms with E-state index in [0.717, 1.165) is 11.0 Å². The lowest BCUT2D eigenvalue weighted by Gasteiger charge is -2.64. The second-order valence-corrected chi connectivity index (χ2v) is 14.0. The van der Waals surface area contributed by atoms with Gasteiger partial charge in [-0.1, -0.05) is 32.4 Å². The Hall–Kier alpha value is -2.20. The number of carbonyl (C=O) groups is 2. The molecule has 1 aromatic rings. The normalized spacial score (nSPS) is 45.0. The lowest BCUT2D eigenvalue weighted by molar-refractivity contribution is -0.151. The van der Waals surface area contributed by atoms with E-state index in [1.165, 1.54) is 18.4 Å². The number of aliphatic hydroxyl groups excluding tert-OH is 1. The van der Waals surface area contributed by atoms with E-state index in [-0.39, 0.29) is 42.3 Å². The van der Waals surface area contributed by atoms with Crippen molar-refractivity contribution in [1.29, 1.82) is 0 Å². The van der Waals surface area contributed by atoms with Crippen molar-refractivity contribution in [3.05, 3.63) is 58.9 Å². The number of hydrogen-bond acceptors (Lipinski definition) is 8. The molecule has 2 heterocycles. The molecule has 3 fully saturated rings. The topological polar surface area (TPSA) is 120 Å². The van der Waals surface area contributed by atoms with E-state index < -0.39 is 43.5 Å². The van der Waals surface area contributed by atoms with Crippen molar-refractivity contribution in [2.24, 2.45) is 28.6 Å². The first kappa shape index (κ1) is 26.0. The molecule has 4 aliphatic carbocycles. The Morgan fingerprint density at radius 3 is 2.66 bits per heavy atom. The fraction of sp³-hybridized carbons (Fsp3) is 0.571. The molecule has 0 radical (unpaired) electrons. The smallest absolute Gasteiger partial charge is 0.375 e. The molecule has 1 N–H and O–H groups in total. The summed E-state index contributed by atoms with van der Waals surface area (Å²) in [4.78, 5) is 24.5. The Kier molecular flexibility index (Phi) is 5.59. The first-order chi connectivity index (χ1) is 17.8. The number of ether oxygens (including phenoxy) is 1. The summed E-state index contributed by atoms with van der Waals surface area (Å²) in [6.45, 7) is 5.66. The standard InChI is InChI=1S/C28H31ClO8S/c1-16-11-21-20-7-6-17-12-19(30)8-9-25(17,2)27(20,29)23(31)13-26(21,3)28(16,18-14-36-38(33,34)15-18)37-24(32)22-5-4-10-35-22/h4-5,8-10,12,15-16,20-21,23,31H,6-7,11,13-14H2,1-3H3/t16-,20+,21+,23+,25+,26+,27+,28+/m1/s1. The molecule has 1 aliphatic heterocycles.